The van der Waals surface area contributed by atoms with Gasteiger partial charge in [-0.05, 0) is 42.5 Å². The highest BCUT2D eigenvalue weighted by Gasteiger charge is 2.16. The highest BCUT2D eigenvalue weighted by Crippen LogP contribution is 2.27. The number of hydrogen-bond acceptors (Lipinski definition) is 3. The minimum Gasteiger partial charge on any atom is -0.497 e. The maximum absolute atomic E-state index is 5.21. The Morgan fingerprint density at radius 3 is 2.43 bits per heavy atom. The summed E-state index contributed by atoms with van der Waals surface area (Å²) in [5.74, 6) is 0.861. The maximum atomic E-state index is 5.21. The summed E-state index contributed by atoms with van der Waals surface area (Å²) in [6.45, 7) is 2.06. The number of anilines is 1. The van der Waals surface area contributed by atoms with E-state index in [0.717, 1.165) is 35.6 Å². The smallest absolute Gasteiger partial charge is 0.119 e. The van der Waals surface area contributed by atoms with E-state index in [1.807, 2.05) is 30.6 Å². The Labute approximate surface area is 123 Å². The van der Waals surface area contributed by atoms with E-state index in [1.54, 1.807) is 7.11 Å². The van der Waals surface area contributed by atoms with Crippen molar-refractivity contribution in [2.75, 3.05) is 25.1 Å². The van der Waals surface area contributed by atoms with Gasteiger partial charge >= 0.3 is 0 Å². The third-order valence-electron chi connectivity index (χ3n) is 3.95. The molecule has 2 heterocycles. The van der Waals surface area contributed by atoms with Gasteiger partial charge in [-0.15, -0.1) is 0 Å². The van der Waals surface area contributed by atoms with Gasteiger partial charge in [-0.3, -0.25) is 4.57 Å². The molecule has 0 amide bonds. The monoisotopic (exact) mass is 278 g/mol. The van der Waals surface area contributed by atoms with E-state index < -0.39 is 0 Å². The number of rotatable bonds is 3. The van der Waals surface area contributed by atoms with E-state index in [2.05, 4.69) is 39.1 Å². The molecular weight excluding hydrogens is 262 g/mol. The van der Waals surface area contributed by atoms with E-state index in [-0.39, 0.29) is 0 Å². The van der Waals surface area contributed by atoms with E-state index in [9.17, 15) is 0 Å². The molecule has 0 bridgehead atoms. The quantitative estimate of drug-likeness (QED) is 0.737. The maximum Gasteiger partial charge on any atom is 0.119 e. The Balaban J connectivity index is 1.79. The summed E-state index contributed by atoms with van der Waals surface area (Å²) in [4.78, 5) is 6.83. The highest BCUT2D eigenvalue weighted by molar-refractivity contribution is 5.82. The summed E-state index contributed by atoms with van der Waals surface area (Å²) in [7, 11) is 1.68. The predicted molar refractivity (Wildman–Crippen MR) is 84.1 cm³/mol. The summed E-state index contributed by atoms with van der Waals surface area (Å²) in [5.41, 5.74) is 4.48. The molecule has 0 spiro atoms. The summed E-state index contributed by atoms with van der Waals surface area (Å²) < 4.78 is 7.32. The summed E-state index contributed by atoms with van der Waals surface area (Å²) in [5, 5.41) is 0. The summed E-state index contributed by atoms with van der Waals surface area (Å²) in [6, 6.07) is 14.5. The number of hydrogen-bond donors (Lipinski definition) is 0. The van der Waals surface area contributed by atoms with E-state index in [1.165, 1.54) is 5.69 Å². The SMILES string of the molecule is COc1ccc(-n2cnc3ccc(N4C[CH]C4)cc32)cc1. The average Bonchev–Trinajstić information content (AvgIpc) is 2.89. The molecule has 4 nitrogen and oxygen atoms in total. The van der Waals surface area contributed by atoms with Gasteiger partial charge in [0.25, 0.3) is 0 Å². The zero-order valence-electron chi connectivity index (χ0n) is 11.9. The topological polar surface area (TPSA) is 30.3 Å². The van der Waals surface area contributed by atoms with Gasteiger partial charge in [0.05, 0.1) is 18.1 Å². The lowest BCUT2D eigenvalue weighted by Gasteiger charge is -2.32. The Bertz CT molecular complexity index is 772. The van der Waals surface area contributed by atoms with Crippen LogP contribution < -0.4 is 9.64 Å². The van der Waals surface area contributed by atoms with Gasteiger partial charge in [0.2, 0.25) is 0 Å². The van der Waals surface area contributed by atoms with Gasteiger partial charge in [-0.1, -0.05) is 0 Å². The minimum absolute atomic E-state index is 0.861. The standard InChI is InChI=1S/C17H16N3O/c1-21-15-6-3-13(4-7-15)20-12-18-16-8-5-14(11-17(16)20)19-9-2-10-19/h2-8,11-12H,9-10H2,1H3. The van der Waals surface area contributed by atoms with Crippen LogP contribution in [0.1, 0.15) is 0 Å². The van der Waals surface area contributed by atoms with Gasteiger partial charge in [0.1, 0.15) is 12.1 Å². The Kier molecular flexibility index (Phi) is 2.81. The second-order valence-electron chi connectivity index (χ2n) is 5.18. The van der Waals surface area contributed by atoms with Crippen molar-refractivity contribution in [2.45, 2.75) is 0 Å². The molecule has 1 aliphatic rings. The van der Waals surface area contributed by atoms with Gasteiger partial charge in [-0.25, -0.2) is 4.98 Å². The van der Waals surface area contributed by atoms with Crippen LogP contribution in [0.3, 0.4) is 0 Å². The van der Waals surface area contributed by atoms with Crippen molar-refractivity contribution in [3.8, 4) is 11.4 Å². The molecule has 0 saturated carbocycles. The largest absolute Gasteiger partial charge is 0.497 e. The zero-order chi connectivity index (χ0) is 14.2. The lowest BCUT2D eigenvalue weighted by atomic mass is 10.1. The summed E-state index contributed by atoms with van der Waals surface area (Å²) in [6.07, 6.45) is 4.14. The number of methoxy groups -OCH3 is 1. The Hall–Kier alpha value is -2.49. The average molecular weight is 278 g/mol. The molecule has 1 saturated heterocycles. The molecule has 0 aliphatic carbocycles. The van der Waals surface area contributed by atoms with Crippen molar-refractivity contribution in [1.29, 1.82) is 0 Å². The molecule has 4 rings (SSSR count). The molecular formula is C17H16N3O. The number of aromatic nitrogens is 2. The number of benzene rings is 2. The van der Waals surface area contributed by atoms with Gasteiger partial charge in [0.15, 0.2) is 0 Å². The molecule has 3 aromatic rings. The van der Waals surface area contributed by atoms with Crippen molar-refractivity contribution < 1.29 is 4.74 Å². The van der Waals surface area contributed by atoms with Crippen LogP contribution in [0.2, 0.25) is 0 Å². The van der Waals surface area contributed by atoms with Crippen LogP contribution in [0.4, 0.5) is 5.69 Å². The number of ether oxygens (including phenoxy) is 1. The van der Waals surface area contributed by atoms with Crippen LogP contribution in [-0.2, 0) is 0 Å². The van der Waals surface area contributed by atoms with Crippen molar-refractivity contribution in [3.05, 3.63) is 55.2 Å². The molecule has 105 valence electrons. The van der Waals surface area contributed by atoms with E-state index >= 15 is 0 Å². The van der Waals surface area contributed by atoms with Crippen molar-refractivity contribution in [1.82, 2.24) is 9.55 Å². The van der Waals surface area contributed by atoms with Crippen molar-refractivity contribution >= 4 is 16.7 Å². The van der Waals surface area contributed by atoms with Gasteiger partial charge in [-0.2, -0.15) is 0 Å². The van der Waals surface area contributed by atoms with Crippen LogP contribution in [0.25, 0.3) is 16.7 Å². The lowest BCUT2D eigenvalue weighted by Crippen LogP contribution is -2.37. The van der Waals surface area contributed by atoms with Gasteiger partial charge < -0.3 is 9.64 Å². The molecule has 2 aromatic carbocycles. The fourth-order valence-corrected chi connectivity index (χ4v) is 2.61. The van der Waals surface area contributed by atoms with E-state index in [0.29, 0.717) is 0 Å². The molecule has 1 fully saturated rings. The van der Waals surface area contributed by atoms with Crippen LogP contribution in [0, 0.1) is 6.42 Å². The first-order valence-corrected chi connectivity index (χ1v) is 7.03. The molecule has 21 heavy (non-hydrogen) atoms. The molecule has 0 N–H and O–H groups in total. The highest BCUT2D eigenvalue weighted by atomic mass is 16.5. The molecule has 1 aromatic heterocycles. The fraction of sp³-hybridized carbons (Fsp3) is 0.176. The van der Waals surface area contributed by atoms with Crippen molar-refractivity contribution in [3.63, 3.8) is 0 Å². The first-order chi connectivity index (χ1) is 10.3. The van der Waals surface area contributed by atoms with Crippen LogP contribution >= 0.6 is 0 Å². The third-order valence-corrected chi connectivity index (χ3v) is 3.95. The first-order valence-electron chi connectivity index (χ1n) is 7.03. The number of fused-ring (bicyclic) bond motifs is 1. The Morgan fingerprint density at radius 2 is 1.76 bits per heavy atom. The van der Waals surface area contributed by atoms with Gasteiger partial charge in [0, 0.05) is 30.9 Å². The molecule has 0 atom stereocenters. The zero-order valence-corrected chi connectivity index (χ0v) is 11.9. The first kappa shape index (κ1) is 12.3. The van der Waals surface area contributed by atoms with Crippen LogP contribution in [0.5, 0.6) is 5.75 Å². The fourth-order valence-electron chi connectivity index (χ4n) is 2.61. The van der Waals surface area contributed by atoms with Crippen molar-refractivity contribution in [2.24, 2.45) is 0 Å². The van der Waals surface area contributed by atoms with E-state index in [4.69, 9.17) is 4.74 Å². The van der Waals surface area contributed by atoms with Crippen LogP contribution in [0.15, 0.2) is 48.8 Å². The molecule has 1 aliphatic heterocycles. The molecule has 1 radical (unpaired) electrons. The minimum atomic E-state index is 0.861. The predicted octanol–water partition coefficient (Wildman–Crippen LogP) is 3.06. The van der Waals surface area contributed by atoms with Crippen LogP contribution in [-0.4, -0.2) is 29.8 Å². The molecule has 4 heteroatoms. The number of imidazole rings is 1. The number of nitrogens with zero attached hydrogens (tertiary/aromatic N) is 3. The summed E-state index contributed by atoms with van der Waals surface area (Å²) >= 11 is 0. The second kappa shape index (κ2) is 4.81. The molecule has 0 unspecified atom stereocenters. The third kappa shape index (κ3) is 2.03. The lowest BCUT2D eigenvalue weighted by molar-refractivity contribution is 0.415. The Morgan fingerprint density at radius 1 is 1.00 bits per heavy atom. The normalized spacial score (nSPS) is 14.2. The second-order valence-corrected chi connectivity index (χ2v) is 5.18.